The molecule has 0 atom stereocenters. The van der Waals surface area contributed by atoms with Crippen molar-refractivity contribution in [3.05, 3.63) is 59.1 Å². The fourth-order valence-electron chi connectivity index (χ4n) is 3.72. The Balaban J connectivity index is 1.44. The quantitative estimate of drug-likeness (QED) is 0.690. The summed E-state index contributed by atoms with van der Waals surface area (Å²) in [7, 11) is -3.20. The van der Waals surface area contributed by atoms with Crippen LogP contribution >= 0.6 is 11.6 Å². The molecule has 2 saturated heterocycles. The van der Waals surface area contributed by atoms with E-state index < -0.39 is 10.0 Å². The number of carbonyl (C=O) groups is 1. The molecular weight excluding hydrogens is 438 g/mol. The molecule has 0 radical (unpaired) electrons. The predicted octanol–water partition coefficient (Wildman–Crippen LogP) is 3.37. The van der Waals surface area contributed by atoms with Gasteiger partial charge in [0.15, 0.2) is 0 Å². The summed E-state index contributed by atoms with van der Waals surface area (Å²) in [4.78, 5) is 14.7. The van der Waals surface area contributed by atoms with Gasteiger partial charge in [-0.25, -0.2) is 8.42 Å². The second-order valence-electron chi connectivity index (χ2n) is 7.42. The summed E-state index contributed by atoms with van der Waals surface area (Å²) in [6, 6.07) is 12.6. The number of benzene rings is 2. The van der Waals surface area contributed by atoms with Crippen LogP contribution in [-0.2, 0) is 19.6 Å². The normalized spacial score (nSPS) is 18.5. The minimum Gasteiger partial charge on any atom is -0.378 e. The van der Waals surface area contributed by atoms with Gasteiger partial charge in [-0.2, -0.15) is 0 Å². The molecule has 2 aromatic rings. The van der Waals surface area contributed by atoms with Crippen LogP contribution in [0.1, 0.15) is 12.0 Å². The topological polar surface area (TPSA) is 79.0 Å². The van der Waals surface area contributed by atoms with Crippen molar-refractivity contribution in [1.29, 1.82) is 0 Å². The summed E-state index contributed by atoms with van der Waals surface area (Å²) in [6.07, 6.45) is 3.78. The Morgan fingerprint density at radius 1 is 1.06 bits per heavy atom. The molecule has 2 fully saturated rings. The zero-order valence-electron chi connectivity index (χ0n) is 17.0. The minimum absolute atomic E-state index is 0.185. The van der Waals surface area contributed by atoms with E-state index in [9.17, 15) is 13.2 Å². The molecule has 0 spiro atoms. The van der Waals surface area contributed by atoms with Crippen molar-refractivity contribution in [2.75, 3.05) is 53.1 Å². The molecule has 4 rings (SSSR count). The van der Waals surface area contributed by atoms with Crippen molar-refractivity contribution in [3.8, 4) is 0 Å². The second-order valence-corrected chi connectivity index (χ2v) is 9.87. The number of halogens is 1. The number of rotatable bonds is 5. The van der Waals surface area contributed by atoms with Crippen LogP contribution in [0.15, 0.2) is 48.5 Å². The first kappa shape index (κ1) is 21.7. The standard InChI is InChI=1S/C22H24ClN3O4S/c23-18-5-8-21(25-11-13-30-14-12-25)20(16-18)24-22(27)9-4-17-2-6-19(7-3-17)26-10-1-15-31(26,28)29/h2-9,16H,1,10-15H2,(H,24,27)/b9-4+. The first-order chi connectivity index (χ1) is 14.9. The highest BCUT2D eigenvalue weighted by Crippen LogP contribution is 2.30. The minimum atomic E-state index is -3.20. The van der Waals surface area contributed by atoms with Crippen LogP contribution in [0.25, 0.3) is 6.08 Å². The number of nitrogens with one attached hydrogen (secondary N) is 1. The predicted molar refractivity (Wildman–Crippen MR) is 124 cm³/mol. The van der Waals surface area contributed by atoms with Crippen LogP contribution in [0, 0.1) is 0 Å². The first-order valence-electron chi connectivity index (χ1n) is 10.1. The van der Waals surface area contributed by atoms with Gasteiger partial charge in [0.2, 0.25) is 15.9 Å². The van der Waals surface area contributed by atoms with Crippen LogP contribution in [-0.4, -0.2) is 52.9 Å². The Morgan fingerprint density at radius 3 is 2.48 bits per heavy atom. The van der Waals surface area contributed by atoms with Gasteiger partial charge in [0.1, 0.15) is 0 Å². The number of amides is 1. The van der Waals surface area contributed by atoms with Crippen molar-refractivity contribution < 1.29 is 17.9 Å². The molecule has 31 heavy (non-hydrogen) atoms. The SMILES string of the molecule is O=C(/C=C/c1ccc(N2CCCS2(=O)=O)cc1)Nc1cc(Cl)ccc1N1CCOCC1. The molecule has 0 unspecified atom stereocenters. The number of sulfonamides is 1. The average molecular weight is 462 g/mol. The van der Waals surface area contributed by atoms with Crippen molar-refractivity contribution in [2.45, 2.75) is 6.42 Å². The van der Waals surface area contributed by atoms with E-state index in [4.69, 9.17) is 16.3 Å². The van der Waals surface area contributed by atoms with E-state index in [1.165, 1.54) is 10.4 Å². The van der Waals surface area contributed by atoms with E-state index in [-0.39, 0.29) is 11.7 Å². The fraction of sp³-hybridized carbons (Fsp3) is 0.318. The molecule has 2 aromatic carbocycles. The Morgan fingerprint density at radius 2 is 1.81 bits per heavy atom. The molecule has 1 amide bonds. The van der Waals surface area contributed by atoms with E-state index in [0.29, 0.717) is 42.6 Å². The third-order valence-corrected chi connectivity index (χ3v) is 7.38. The lowest BCUT2D eigenvalue weighted by molar-refractivity contribution is -0.111. The first-order valence-corrected chi connectivity index (χ1v) is 12.1. The summed E-state index contributed by atoms with van der Waals surface area (Å²) < 4.78 is 30.9. The van der Waals surface area contributed by atoms with Crippen molar-refractivity contribution in [2.24, 2.45) is 0 Å². The molecule has 0 aliphatic carbocycles. The highest BCUT2D eigenvalue weighted by molar-refractivity contribution is 7.93. The number of hydrogen-bond donors (Lipinski definition) is 1. The molecule has 2 aliphatic heterocycles. The van der Waals surface area contributed by atoms with Crippen LogP contribution in [0.4, 0.5) is 17.1 Å². The van der Waals surface area contributed by atoms with Gasteiger partial charge >= 0.3 is 0 Å². The highest BCUT2D eigenvalue weighted by atomic mass is 35.5. The molecular formula is C22H24ClN3O4S. The Kier molecular flexibility index (Phi) is 6.50. The van der Waals surface area contributed by atoms with Crippen LogP contribution in [0.2, 0.25) is 5.02 Å². The lowest BCUT2D eigenvalue weighted by Crippen LogP contribution is -2.36. The summed E-state index contributed by atoms with van der Waals surface area (Å²) in [6.45, 7) is 3.29. The van der Waals surface area contributed by atoms with Crippen molar-refractivity contribution in [3.63, 3.8) is 0 Å². The van der Waals surface area contributed by atoms with Gasteiger partial charge in [0, 0.05) is 30.7 Å². The Hall–Kier alpha value is -2.55. The summed E-state index contributed by atoms with van der Waals surface area (Å²) in [5.74, 6) is -0.0897. The average Bonchev–Trinajstić information content (AvgIpc) is 3.12. The van der Waals surface area contributed by atoms with Gasteiger partial charge in [0.25, 0.3) is 0 Å². The van der Waals surface area contributed by atoms with Crippen LogP contribution < -0.4 is 14.5 Å². The van der Waals surface area contributed by atoms with Gasteiger partial charge in [-0.3, -0.25) is 9.10 Å². The molecule has 164 valence electrons. The largest absolute Gasteiger partial charge is 0.378 e. The van der Waals surface area contributed by atoms with Crippen LogP contribution in [0.5, 0.6) is 0 Å². The smallest absolute Gasteiger partial charge is 0.248 e. The lowest BCUT2D eigenvalue weighted by atomic mass is 10.2. The van der Waals surface area contributed by atoms with E-state index in [1.54, 1.807) is 42.5 Å². The maximum atomic E-state index is 12.5. The summed E-state index contributed by atoms with van der Waals surface area (Å²) in [5, 5.41) is 3.45. The molecule has 0 bridgehead atoms. The molecule has 1 N–H and O–H groups in total. The molecule has 2 aliphatic rings. The van der Waals surface area contributed by atoms with Gasteiger partial charge in [-0.15, -0.1) is 0 Å². The number of ether oxygens (including phenoxy) is 1. The monoisotopic (exact) mass is 461 g/mol. The van der Waals surface area contributed by atoms with E-state index in [1.807, 2.05) is 6.07 Å². The van der Waals surface area contributed by atoms with Crippen molar-refractivity contribution >= 4 is 50.7 Å². The van der Waals surface area contributed by atoms with Gasteiger partial charge in [-0.05, 0) is 48.4 Å². The van der Waals surface area contributed by atoms with E-state index in [2.05, 4.69) is 10.2 Å². The zero-order chi connectivity index (χ0) is 21.8. The maximum Gasteiger partial charge on any atom is 0.248 e. The molecule has 9 heteroatoms. The van der Waals surface area contributed by atoms with Crippen LogP contribution in [0.3, 0.4) is 0 Å². The fourth-order valence-corrected chi connectivity index (χ4v) is 5.45. The zero-order valence-corrected chi connectivity index (χ0v) is 18.5. The molecule has 0 aromatic heterocycles. The Labute approximate surface area is 187 Å². The Bertz CT molecular complexity index is 1080. The number of morpholine rings is 1. The third kappa shape index (κ3) is 5.20. The summed E-state index contributed by atoms with van der Waals surface area (Å²) >= 11 is 6.14. The van der Waals surface area contributed by atoms with Gasteiger partial charge in [0.05, 0.1) is 36.0 Å². The summed E-state index contributed by atoms with van der Waals surface area (Å²) in [5.41, 5.74) is 3.01. The van der Waals surface area contributed by atoms with E-state index in [0.717, 1.165) is 24.3 Å². The van der Waals surface area contributed by atoms with Gasteiger partial charge < -0.3 is 15.0 Å². The van der Waals surface area contributed by atoms with Gasteiger partial charge in [-0.1, -0.05) is 23.7 Å². The number of hydrogen-bond acceptors (Lipinski definition) is 5. The molecule has 0 saturated carbocycles. The lowest BCUT2D eigenvalue weighted by Gasteiger charge is -2.30. The maximum absolute atomic E-state index is 12.5. The highest BCUT2D eigenvalue weighted by Gasteiger charge is 2.28. The number of carbonyl (C=O) groups excluding carboxylic acids is 1. The molecule has 2 heterocycles. The molecule has 7 nitrogen and oxygen atoms in total. The number of anilines is 3. The van der Waals surface area contributed by atoms with E-state index >= 15 is 0 Å². The second kappa shape index (κ2) is 9.30. The third-order valence-electron chi connectivity index (χ3n) is 5.28. The number of nitrogens with zero attached hydrogens (tertiary/aromatic N) is 2. The van der Waals surface area contributed by atoms with Crippen molar-refractivity contribution in [1.82, 2.24) is 0 Å².